The Labute approximate surface area is 213 Å². The van der Waals surface area contributed by atoms with Crippen LogP contribution in [-0.4, -0.2) is 20.8 Å². The van der Waals surface area contributed by atoms with Crippen LogP contribution in [0, 0.1) is 0 Å². The number of thiocarbonyl (C=S) groups is 1. The van der Waals surface area contributed by atoms with Crippen molar-refractivity contribution in [3.8, 4) is 5.75 Å². The maximum atomic E-state index is 6.23. The summed E-state index contributed by atoms with van der Waals surface area (Å²) in [5.41, 5.74) is 3.40. The Kier molecular flexibility index (Phi) is 6.47. The van der Waals surface area contributed by atoms with Crippen molar-refractivity contribution in [2.75, 3.05) is 4.90 Å². The van der Waals surface area contributed by atoms with Crippen LogP contribution in [0.15, 0.2) is 67.0 Å². The molecule has 35 heavy (non-hydrogen) atoms. The molecule has 3 heterocycles. The first-order chi connectivity index (χ1) is 17.3. The summed E-state index contributed by atoms with van der Waals surface area (Å²) >= 11 is 5.95. The Morgan fingerprint density at radius 3 is 2.37 bits per heavy atom. The molecule has 0 radical (unpaired) electrons. The SMILES string of the molecule is S=C1N[C@H](c2ccccn2)[C@H](c2cccn2C2CCCCC2)N1c1ccc(OC2CCCC2)cc1. The zero-order valence-electron chi connectivity index (χ0n) is 20.2. The minimum Gasteiger partial charge on any atom is -0.490 e. The summed E-state index contributed by atoms with van der Waals surface area (Å²) < 4.78 is 8.74. The maximum absolute atomic E-state index is 6.23. The lowest BCUT2D eigenvalue weighted by molar-refractivity contribution is 0.210. The van der Waals surface area contributed by atoms with Gasteiger partial charge in [0.25, 0.3) is 0 Å². The lowest BCUT2D eigenvalue weighted by Gasteiger charge is -2.32. The van der Waals surface area contributed by atoms with E-state index in [9.17, 15) is 0 Å². The van der Waals surface area contributed by atoms with Crippen molar-refractivity contribution in [1.82, 2.24) is 14.9 Å². The minimum atomic E-state index is -0.0182. The topological polar surface area (TPSA) is 42.3 Å². The predicted molar refractivity (Wildman–Crippen MR) is 144 cm³/mol. The van der Waals surface area contributed by atoms with Crippen molar-refractivity contribution in [1.29, 1.82) is 0 Å². The van der Waals surface area contributed by atoms with Crippen molar-refractivity contribution >= 4 is 23.0 Å². The number of aromatic nitrogens is 2. The number of ether oxygens (including phenoxy) is 1. The largest absolute Gasteiger partial charge is 0.490 e. The summed E-state index contributed by atoms with van der Waals surface area (Å²) in [6, 6.07) is 19.7. The Hall–Kier alpha value is -2.86. The summed E-state index contributed by atoms with van der Waals surface area (Å²) in [6.07, 6.45) is 15.8. The van der Waals surface area contributed by atoms with Crippen LogP contribution in [0.1, 0.15) is 87.3 Å². The summed E-state index contributed by atoms with van der Waals surface area (Å²) in [6.45, 7) is 0. The van der Waals surface area contributed by atoms with E-state index >= 15 is 0 Å². The van der Waals surface area contributed by atoms with E-state index in [-0.39, 0.29) is 12.1 Å². The fraction of sp³-hybridized carbons (Fsp3) is 0.448. The van der Waals surface area contributed by atoms with Gasteiger partial charge in [-0.25, -0.2) is 0 Å². The number of hydrogen-bond donors (Lipinski definition) is 1. The van der Waals surface area contributed by atoms with Gasteiger partial charge in [-0.15, -0.1) is 0 Å². The molecular weight excluding hydrogens is 452 g/mol. The van der Waals surface area contributed by atoms with E-state index in [1.165, 1.54) is 50.6 Å². The molecule has 2 atom stereocenters. The second-order valence-electron chi connectivity index (χ2n) is 10.1. The maximum Gasteiger partial charge on any atom is 0.174 e. The third kappa shape index (κ3) is 4.56. The van der Waals surface area contributed by atoms with E-state index in [4.69, 9.17) is 21.9 Å². The van der Waals surface area contributed by atoms with Gasteiger partial charge in [0.2, 0.25) is 0 Å². The number of nitrogens with zero attached hydrogens (tertiary/aromatic N) is 3. The first-order valence-electron chi connectivity index (χ1n) is 13.2. The van der Waals surface area contributed by atoms with Gasteiger partial charge in [-0.05, 0) is 99.3 Å². The molecule has 5 nitrogen and oxygen atoms in total. The summed E-state index contributed by atoms with van der Waals surface area (Å²) in [4.78, 5) is 7.00. The van der Waals surface area contributed by atoms with E-state index in [2.05, 4.69) is 69.5 Å². The van der Waals surface area contributed by atoms with Crippen molar-refractivity contribution in [3.63, 3.8) is 0 Å². The minimum absolute atomic E-state index is 0.0182. The van der Waals surface area contributed by atoms with Crippen molar-refractivity contribution in [3.05, 3.63) is 78.4 Å². The number of anilines is 1. The lowest BCUT2D eigenvalue weighted by Crippen LogP contribution is -2.31. The van der Waals surface area contributed by atoms with Crippen LogP contribution in [0.5, 0.6) is 5.75 Å². The standard InChI is InChI=1S/C29H34N4OS/c35-29-31-27(25-13-6-7-19-30-25)28(26-14-8-20-32(26)21-9-2-1-3-10-21)33(29)22-15-17-24(18-16-22)34-23-11-4-5-12-23/h6-8,13-21,23,27-28H,1-5,9-12H2,(H,31,35)/t27-,28+/m1/s1. The number of hydrogen-bond acceptors (Lipinski definition) is 3. The smallest absolute Gasteiger partial charge is 0.174 e. The number of pyridine rings is 1. The van der Waals surface area contributed by atoms with Gasteiger partial charge in [-0.3, -0.25) is 4.98 Å². The Balaban J connectivity index is 1.35. The zero-order valence-corrected chi connectivity index (χ0v) is 21.0. The van der Waals surface area contributed by atoms with Crippen LogP contribution in [0.3, 0.4) is 0 Å². The summed E-state index contributed by atoms with van der Waals surface area (Å²) in [5, 5.41) is 4.35. The highest BCUT2D eigenvalue weighted by molar-refractivity contribution is 7.80. The van der Waals surface area contributed by atoms with E-state index < -0.39 is 0 Å². The molecule has 1 N–H and O–H groups in total. The van der Waals surface area contributed by atoms with Crippen molar-refractivity contribution < 1.29 is 4.74 Å². The molecule has 3 aliphatic rings. The Morgan fingerprint density at radius 1 is 0.857 bits per heavy atom. The average molecular weight is 487 g/mol. The van der Waals surface area contributed by atoms with Crippen LogP contribution in [-0.2, 0) is 0 Å². The zero-order chi connectivity index (χ0) is 23.6. The van der Waals surface area contributed by atoms with E-state index in [0.29, 0.717) is 12.1 Å². The third-order valence-corrected chi connectivity index (χ3v) is 8.22. The number of nitrogens with one attached hydrogen (secondary N) is 1. The highest BCUT2D eigenvalue weighted by Crippen LogP contribution is 2.43. The van der Waals surface area contributed by atoms with Gasteiger partial charge in [0.05, 0.1) is 17.8 Å². The van der Waals surface area contributed by atoms with Crippen molar-refractivity contribution in [2.45, 2.75) is 82.0 Å². The van der Waals surface area contributed by atoms with E-state index in [0.717, 1.165) is 35.1 Å². The highest BCUT2D eigenvalue weighted by atomic mass is 32.1. The molecule has 6 heteroatoms. The second-order valence-corrected chi connectivity index (χ2v) is 10.5. The monoisotopic (exact) mass is 486 g/mol. The molecule has 1 saturated heterocycles. The van der Waals surface area contributed by atoms with Crippen LogP contribution in [0.25, 0.3) is 0 Å². The molecule has 182 valence electrons. The predicted octanol–water partition coefficient (Wildman–Crippen LogP) is 6.89. The third-order valence-electron chi connectivity index (χ3n) is 7.90. The summed E-state index contributed by atoms with van der Waals surface area (Å²) in [7, 11) is 0. The summed E-state index contributed by atoms with van der Waals surface area (Å²) in [5.74, 6) is 0.946. The van der Waals surface area contributed by atoms with E-state index in [1.807, 2.05) is 12.3 Å². The molecule has 0 bridgehead atoms. The Bertz CT molecular complexity index is 1130. The molecule has 1 aromatic carbocycles. The van der Waals surface area contributed by atoms with Gasteiger partial charge in [-0.1, -0.05) is 25.3 Å². The van der Waals surface area contributed by atoms with Gasteiger partial charge in [0.15, 0.2) is 5.11 Å². The van der Waals surface area contributed by atoms with Crippen LogP contribution in [0.2, 0.25) is 0 Å². The molecule has 2 aromatic heterocycles. The molecule has 0 spiro atoms. The molecule has 0 unspecified atom stereocenters. The molecule has 0 amide bonds. The molecule has 3 aromatic rings. The molecule has 6 rings (SSSR count). The Morgan fingerprint density at radius 2 is 1.63 bits per heavy atom. The average Bonchev–Trinajstić information content (AvgIpc) is 3.66. The molecule has 1 aliphatic heterocycles. The van der Waals surface area contributed by atoms with Crippen molar-refractivity contribution in [2.24, 2.45) is 0 Å². The van der Waals surface area contributed by atoms with Gasteiger partial charge in [0, 0.05) is 29.8 Å². The molecule has 3 fully saturated rings. The van der Waals surface area contributed by atoms with Gasteiger partial charge in [0.1, 0.15) is 11.8 Å². The fourth-order valence-electron chi connectivity index (χ4n) is 6.17. The highest BCUT2D eigenvalue weighted by Gasteiger charge is 2.42. The number of benzene rings is 1. The van der Waals surface area contributed by atoms with Gasteiger partial charge >= 0.3 is 0 Å². The molecule has 2 saturated carbocycles. The van der Waals surface area contributed by atoms with Gasteiger partial charge in [-0.2, -0.15) is 0 Å². The fourth-order valence-corrected chi connectivity index (χ4v) is 6.51. The second kappa shape index (κ2) is 10.0. The molecular formula is C29H34N4OS. The van der Waals surface area contributed by atoms with Crippen LogP contribution in [0.4, 0.5) is 5.69 Å². The van der Waals surface area contributed by atoms with Crippen LogP contribution < -0.4 is 15.0 Å². The normalized spacial score (nSPS) is 23.5. The van der Waals surface area contributed by atoms with Gasteiger partial charge < -0.3 is 19.5 Å². The number of rotatable bonds is 6. The quantitative estimate of drug-likeness (QED) is 0.384. The first-order valence-corrected chi connectivity index (χ1v) is 13.6. The lowest BCUT2D eigenvalue weighted by atomic mass is 9.94. The molecule has 2 aliphatic carbocycles. The first kappa shape index (κ1) is 22.6. The van der Waals surface area contributed by atoms with E-state index in [1.54, 1.807) is 0 Å². The van der Waals surface area contributed by atoms with Crippen LogP contribution >= 0.6 is 12.2 Å².